The molecule has 138 valence electrons. The third-order valence-corrected chi connectivity index (χ3v) is 3.96. The number of benzene rings is 2. The fraction of sp³-hybridized carbons (Fsp3) is 0.176. The number of amides is 1. The number of alkyl halides is 3. The number of hydrogen-bond donors (Lipinski definition) is 1. The third-order valence-electron chi connectivity index (χ3n) is 3.25. The number of hydrogen-bond acceptors (Lipinski definition) is 3. The van der Waals surface area contributed by atoms with Gasteiger partial charge in [0.2, 0.25) is 0 Å². The zero-order valence-corrected chi connectivity index (χ0v) is 14.6. The molecule has 4 nitrogen and oxygen atoms in total. The molecule has 0 atom stereocenters. The molecule has 1 N–H and O–H groups in total. The number of nitrogens with one attached hydrogen (secondary N) is 1. The molecule has 2 rings (SSSR count). The number of halogens is 5. The van der Waals surface area contributed by atoms with Gasteiger partial charge in [0.25, 0.3) is 5.91 Å². The van der Waals surface area contributed by atoms with Gasteiger partial charge in [-0.15, -0.1) is 0 Å². The summed E-state index contributed by atoms with van der Waals surface area (Å²) in [6.07, 6.45) is -4.90. The highest BCUT2D eigenvalue weighted by atomic mass is 35.5. The van der Waals surface area contributed by atoms with E-state index in [2.05, 4.69) is 5.32 Å². The van der Waals surface area contributed by atoms with E-state index in [1.54, 1.807) is 6.07 Å². The van der Waals surface area contributed by atoms with E-state index in [0.29, 0.717) is 5.56 Å². The summed E-state index contributed by atoms with van der Waals surface area (Å²) in [4.78, 5) is 23.6. The van der Waals surface area contributed by atoms with E-state index in [1.807, 2.05) is 0 Å². The van der Waals surface area contributed by atoms with Gasteiger partial charge in [-0.2, -0.15) is 13.2 Å². The van der Waals surface area contributed by atoms with Crippen LogP contribution in [0.25, 0.3) is 0 Å². The highest BCUT2D eigenvalue weighted by molar-refractivity contribution is 6.36. The van der Waals surface area contributed by atoms with Crippen molar-refractivity contribution in [1.29, 1.82) is 0 Å². The van der Waals surface area contributed by atoms with Crippen LogP contribution in [-0.2, 0) is 26.9 Å². The molecule has 9 heteroatoms. The molecule has 0 aromatic heterocycles. The van der Waals surface area contributed by atoms with E-state index in [1.165, 1.54) is 24.3 Å². The number of rotatable bonds is 5. The molecule has 2 aromatic rings. The molecule has 0 unspecified atom stereocenters. The Kier molecular flexibility index (Phi) is 6.50. The summed E-state index contributed by atoms with van der Waals surface area (Å²) in [6.45, 7) is -0.743. The van der Waals surface area contributed by atoms with Gasteiger partial charge >= 0.3 is 12.1 Å². The number of ether oxygens (including phenoxy) is 1. The molecule has 0 fully saturated rings. The molecule has 2 aromatic carbocycles. The summed E-state index contributed by atoms with van der Waals surface area (Å²) in [5, 5.41) is 2.59. The average molecular weight is 406 g/mol. The Morgan fingerprint density at radius 1 is 1.00 bits per heavy atom. The minimum absolute atomic E-state index is 0.262. The highest BCUT2D eigenvalue weighted by Gasteiger charge is 2.33. The van der Waals surface area contributed by atoms with Gasteiger partial charge in [-0.25, -0.2) is 0 Å². The first-order chi connectivity index (χ1) is 12.2. The van der Waals surface area contributed by atoms with Crippen LogP contribution in [0.2, 0.25) is 10.0 Å². The van der Waals surface area contributed by atoms with Crippen molar-refractivity contribution in [3.05, 3.63) is 63.6 Å². The SMILES string of the molecule is O=C(COC(=O)Cc1c(Cl)cccc1Cl)Nc1ccccc1C(F)(F)F. The van der Waals surface area contributed by atoms with E-state index in [-0.39, 0.29) is 16.5 Å². The topological polar surface area (TPSA) is 55.4 Å². The van der Waals surface area contributed by atoms with Gasteiger partial charge in [0.15, 0.2) is 6.61 Å². The van der Waals surface area contributed by atoms with Crippen molar-refractivity contribution in [2.45, 2.75) is 12.6 Å². The van der Waals surface area contributed by atoms with Crippen LogP contribution < -0.4 is 5.32 Å². The van der Waals surface area contributed by atoms with Crippen LogP contribution in [0, 0.1) is 0 Å². The molecule has 26 heavy (non-hydrogen) atoms. The fourth-order valence-corrected chi connectivity index (χ4v) is 2.60. The monoisotopic (exact) mass is 405 g/mol. The molecule has 0 saturated carbocycles. The van der Waals surface area contributed by atoms with E-state index in [0.717, 1.165) is 12.1 Å². The molecule has 0 aliphatic rings. The van der Waals surface area contributed by atoms with Crippen molar-refractivity contribution >= 4 is 40.8 Å². The normalized spacial score (nSPS) is 11.1. The summed E-state index contributed by atoms with van der Waals surface area (Å²) in [7, 11) is 0. The smallest absolute Gasteiger partial charge is 0.418 e. The molecular formula is C17H12Cl2F3NO3. The maximum Gasteiger partial charge on any atom is 0.418 e. The van der Waals surface area contributed by atoms with Crippen LogP contribution in [0.4, 0.5) is 18.9 Å². The largest absolute Gasteiger partial charge is 0.455 e. The molecular weight excluding hydrogens is 394 g/mol. The van der Waals surface area contributed by atoms with E-state index in [9.17, 15) is 22.8 Å². The zero-order valence-electron chi connectivity index (χ0n) is 13.1. The standard InChI is InChI=1S/C17H12Cl2F3NO3/c18-12-5-3-6-13(19)10(12)8-16(25)26-9-15(24)23-14-7-2-1-4-11(14)17(20,21)22/h1-7H,8-9H2,(H,23,24). The summed E-state index contributed by atoms with van der Waals surface area (Å²) >= 11 is 11.9. The van der Waals surface area contributed by atoms with Crippen LogP contribution in [0.15, 0.2) is 42.5 Å². The molecule has 0 saturated heterocycles. The summed E-state index contributed by atoms with van der Waals surface area (Å²) in [6, 6.07) is 9.16. The number of esters is 1. The zero-order chi connectivity index (χ0) is 19.3. The lowest BCUT2D eigenvalue weighted by atomic mass is 10.1. The Labute approximate surface area is 156 Å². The predicted octanol–water partition coefficient (Wildman–Crippen LogP) is 4.74. The summed E-state index contributed by atoms with van der Waals surface area (Å²) < 4.78 is 43.4. The summed E-state index contributed by atoms with van der Waals surface area (Å²) in [5.41, 5.74) is -1.08. The quantitative estimate of drug-likeness (QED) is 0.731. The van der Waals surface area contributed by atoms with Crippen molar-refractivity contribution in [3.8, 4) is 0 Å². The molecule has 1 amide bonds. The van der Waals surface area contributed by atoms with Gasteiger partial charge in [0.1, 0.15) is 0 Å². The van der Waals surface area contributed by atoms with Crippen LogP contribution in [0.1, 0.15) is 11.1 Å². The number of carbonyl (C=O) groups excluding carboxylic acids is 2. The average Bonchev–Trinajstić information content (AvgIpc) is 2.56. The van der Waals surface area contributed by atoms with Crippen molar-refractivity contribution in [2.24, 2.45) is 0 Å². The highest BCUT2D eigenvalue weighted by Crippen LogP contribution is 2.34. The second-order valence-electron chi connectivity index (χ2n) is 5.13. The third kappa shape index (κ3) is 5.37. The first-order valence-electron chi connectivity index (χ1n) is 7.23. The lowest BCUT2D eigenvalue weighted by Gasteiger charge is -2.13. The first-order valence-corrected chi connectivity index (χ1v) is 7.98. The van der Waals surface area contributed by atoms with Gasteiger partial charge in [-0.05, 0) is 24.3 Å². The van der Waals surface area contributed by atoms with Gasteiger partial charge in [-0.3, -0.25) is 9.59 Å². The fourth-order valence-electron chi connectivity index (χ4n) is 2.07. The maximum absolute atomic E-state index is 12.9. The minimum atomic E-state index is -4.62. The molecule has 0 spiro atoms. The second-order valence-corrected chi connectivity index (χ2v) is 5.94. The Bertz CT molecular complexity index is 805. The van der Waals surface area contributed by atoms with Crippen molar-refractivity contribution in [2.75, 3.05) is 11.9 Å². The van der Waals surface area contributed by atoms with Crippen molar-refractivity contribution in [3.63, 3.8) is 0 Å². The lowest BCUT2D eigenvalue weighted by Crippen LogP contribution is -2.23. The van der Waals surface area contributed by atoms with Crippen molar-refractivity contribution < 1.29 is 27.5 Å². The Morgan fingerprint density at radius 2 is 1.62 bits per heavy atom. The van der Waals surface area contributed by atoms with Gasteiger partial charge in [-0.1, -0.05) is 41.4 Å². The lowest BCUT2D eigenvalue weighted by molar-refractivity contribution is -0.146. The van der Waals surface area contributed by atoms with Crippen LogP contribution in [-0.4, -0.2) is 18.5 Å². The predicted molar refractivity (Wildman–Crippen MR) is 91.2 cm³/mol. The Balaban J connectivity index is 1.95. The van der Waals surface area contributed by atoms with Crippen LogP contribution >= 0.6 is 23.2 Å². The second kappa shape index (κ2) is 8.42. The van der Waals surface area contributed by atoms with Crippen molar-refractivity contribution in [1.82, 2.24) is 0 Å². The molecule has 0 radical (unpaired) electrons. The van der Waals surface area contributed by atoms with Gasteiger partial charge in [0.05, 0.1) is 17.7 Å². The first kappa shape index (κ1) is 20.1. The van der Waals surface area contributed by atoms with E-state index >= 15 is 0 Å². The maximum atomic E-state index is 12.9. The van der Waals surface area contributed by atoms with E-state index < -0.39 is 35.9 Å². The Morgan fingerprint density at radius 3 is 2.23 bits per heavy atom. The van der Waals surface area contributed by atoms with Gasteiger partial charge in [0, 0.05) is 15.6 Å². The number of carbonyl (C=O) groups is 2. The van der Waals surface area contributed by atoms with Crippen LogP contribution in [0.5, 0.6) is 0 Å². The minimum Gasteiger partial charge on any atom is -0.455 e. The van der Waals surface area contributed by atoms with Gasteiger partial charge < -0.3 is 10.1 Å². The molecule has 0 heterocycles. The van der Waals surface area contributed by atoms with Crippen LogP contribution in [0.3, 0.4) is 0 Å². The Hall–Kier alpha value is -2.25. The van der Waals surface area contributed by atoms with E-state index in [4.69, 9.17) is 27.9 Å². The molecule has 0 bridgehead atoms. The number of para-hydroxylation sites is 1. The molecule has 0 aliphatic carbocycles. The number of anilines is 1. The molecule has 0 aliphatic heterocycles. The summed E-state index contributed by atoms with van der Waals surface area (Å²) in [5.74, 6) is -1.69.